The first-order valence-electron chi connectivity index (χ1n) is 21.8. The molecule has 0 radical (unpaired) electrons. The Hall–Kier alpha value is -3.75. The number of esters is 2. The molecule has 0 aromatic heterocycles. The van der Waals surface area contributed by atoms with Crippen LogP contribution in [0.15, 0.2) is 122 Å². The molecule has 0 aliphatic rings. The van der Waals surface area contributed by atoms with Gasteiger partial charge in [0.2, 0.25) is 0 Å². The topological polar surface area (TPSA) is 210 Å². The SMILES string of the molecule is CC/C=C\C[C@@H](O)/C=C/C=C/C=C\C=C/[C@H](O)[C@@H](O)CCCC(=O)OC[C@H](COP(=O)(O)OC[C@@H](O)CO)OC(=O)CC/C=C\C/C=C\C/C=C\C/C=C\C/C=C\CCCCC. The summed E-state index contributed by atoms with van der Waals surface area (Å²) >= 11 is 0. The quantitative estimate of drug-likeness (QED) is 0.0113. The molecule has 0 amide bonds. The van der Waals surface area contributed by atoms with E-state index in [4.69, 9.17) is 19.1 Å². The molecule has 13 nitrogen and oxygen atoms in total. The predicted molar refractivity (Wildman–Crippen MR) is 246 cm³/mol. The van der Waals surface area contributed by atoms with Crippen LogP contribution in [-0.2, 0) is 32.7 Å². The molecule has 0 saturated carbocycles. The number of aliphatic hydroxyl groups excluding tert-OH is 5. The molecule has 0 fully saturated rings. The second-order valence-electron chi connectivity index (χ2n) is 14.2. The minimum Gasteiger partial charge on any atom is -0.462 e. The first-order chi connectivity index (χ1) is 29.9. The molecule has 14 heteroatoms. The smallest absolute Gasteiger partial charge is 0.462 e. The Bertz CT molecular complexity index is 1490. The minimum atomic E-state index is -4.73. The highest BCUT2D eigenvalue weighted by Crippen LogP contribution is 2.43. The van der Waals surface area contributed by atoms with E-state index >= 15 is 0 Å². The molecule has 0 heterocycles. The number of aliphatic hydroxyl groups is 5. The van der Waals surface area contributed by atoms with Crippen LogP contribution in [0.25, 0.3) is 0 Å². The van der Waals surface area contributed by atoms with Crippen molar-refractivity contribution in [3.8, 4) is 0 Å². The van der Waals surface area contributed by atoms with Crippen LogP contribution in [0.1, 0.15) is 110 Å². The molecular formula is C48H75O13P. The van der Waals surface area contributed by atoms with Gasteiger partial charge in [-0.05, 0) is 70.6 Å². The Morgan fingerprint density at radius 1 is 0.613 bits per heavy atom. The second kappa shape index (κ2) is 41.3. The van der Waals surface area contributed by atoms with Gasteiger partial charge < -0.3 is 39.9 Å². The van der Waals surface area contributed by atoms with Crippen molar-refractivity contribution in [1.82, 2.24) is 0 Å². The van der Waals surface area contributed by atoms with Crippen molar-refractivity contribution in [2.75, 3.05) is 26.4 Å². The van der Waals surface area contributed by atoms with Gasteiger partial charge in [-0.3, -0.25) is 18.6 Å². The van der Waals surface area contributed by atoms with E-state index < -0.39 is 76.7 Å². The summed E-state index contributed by atoms with van der Waals surface area (Å²) in [6.07, 6.45) is 42.7. The number of carbonyl (C=O) groups excluding carboxylic acids is 2. The normalized spacial score (nSPS) is 16.5. The zero-order chi connectivity index (χ0) is 45.9. The van der Waals surface area contributed by atoms with E-state index in [0.717, 1.165) is 32.1 Å². The first-order valence-corrected chi connectivity index (χ1v) is 23.3. The fraction of sp³-hybridized carbons (Fsp3) is 0.542. The van der Waals surface area contributed by atoms with Crippen LogP contribution >= 0.6 is 7.82 Å². The zero-order valence-corrected chi connectivity index (χ0v) is 37.8. The lowest BCUT2D eigenvalue weighted by atomic mass is 10.1. The maximum absolute atomic E-state index is 12.6. The highest BCUT2D eigenvalue weighted by Gasteiger charge is 2.27. The molecule has 1 unspecified atom stereocenters. The summed E-state index contributed by atoms with van der Waals surface area (Å²) < 4.78 is 32.4. The monoisotopic (exact) mass is 890 g/mol. The Morgan fingerprint density at radius 2 is 1.18 bits per heavy atom. The van der Waals surface area contributed by atoms with Crippen LogP contribution in [0.3, 0.4) is 0 Å². The van der Waals surface area contributed by atoms with Crippen LogP contribution in [0.5, 0.6) is 0 Å². The lowest BCUT2D eigenvalue weighted by Gasteiger charge is -2.20. The third-order valence-corrected chi connectivity index (χ3v) is 9.41. The van der Waals surface area contributed by atoms with Gasteiger partial charge in [0, 0.05) is 12.8 Å². The van der Waals surface area contributed by atoms with E-state index in [9.17, 15) is 39.5 Å². The van der Waals surface area contributed by atoms with Gasteiger partial charge in [0.05, 0.1) is 38.1 Å². The van der Waals surface area contributed by atoms with E-state index in [1.54, 1.807) is 42.5 Å². The summed E-state index contributed by atoms with van der Waals surface area (Å²) in [6, 6.07) is 0. The van der Waals surface area contributed by atoms with E-state index in [2.05, 4.69) is 54.0 Å². The molecule has 62 heavy (non-hydrogen) atoms. The number of rotatable bonds is 38. The Balaban J connectivity index is 4.76. The standard InChI is InChI=1S/C48H75O13P/c1-3-5-7-8-9-10-11-12-13-14-15-16-17-18-19-20-21-26-30-36-48(55)61-44(41-60-62(56,57)59-39-43(51)38-49)40-58-47(54)37-31-35-46(53)45(52)34-29-25-23-22-24-28-33-42(50)32-27-6-4-2/h6,9-10,12-13,15-16,18-19,21-29,33-34,42-46,49-53H,3-5,7-8,11,14,17,20,30-32,35-41H2,1-2H3,(H,56,57)/b10-9-,13-12-,16-15-,19-18-,24-22+,25-23-,26-21-,27-6-,33-28+,34-29-/t42-,43+,44-,45+,46+/m1/s1. The van der Waals surface area contributed by atoms with Crippen molar-refractivity contribution in [3.63, 3.8) is 0 Å². The number of phosphoric ester groups is 1. The fourth-order valence-corrected chi connectivity index (χ4v) is 5.75. The Labute approximate surface area is 370 Å². The molecular weight excluding hydrogens is 815 g/mol. The number of hydrogen-bond acceptors (Lipinski definition) is 12. The lowest BCUT2D eigenvalue weighted by molar-refractivity contribution is -0.161. The highest BCUT2D eigenvalue weighted by molar-refractivity contribution is 7.47. The van der Waals surface area contributed by atoms with Gasteiger partial charge in [-0.1, -0.05) is 148 Å². The average molecular weight is 891 g/mol. The van der Waals surface area contributed by atoms with Crippen molar-refractivity contribution in [2.24, 2.45) is 0 Å². The molecule has 0 saturated heterocycles. The number of hydrogen-bond donors (Lipinski definition) is 6. The van der Waals surface area contributed by atoms with E-state index in [-0.39, 0.29) is 25.7 Å². The molecule has 0 rings (SSSR count). The molecule has 0 aliphatic heterocycles. The summed E-state index contributed by atoms with van der Waals surface area (Å²) in [5.41, 5.74) is 0. The van der Waals surface area contributed by atoms with E-state index in [1.807, 2.05) is 37.3 Å². The van der Waals surface area contributed by atoms with Gasteiger partial charge in [-0.25, -0.2) is 4.57 Å². The van der Waals surface area contributed by atoms with Gasteiger partial charge in [-0.15, -0.1) is 0 Å². The number of phosphoric acid groups is 1. The Morgan fingerprint density at radius 3 is 1.77 bits per heavy atom. The molecule has 6 atom stereocenters. The zero-order valence-electron chi connectivity index (χ0n) is 36.9. The van der Waals surface area contributed by atoms with Gasteiger partial charge >= 0.3 is 19.8 Å². The number of carbonyl (C=O) groups is 2. The summed E-state index contributed by atoms with van der Waals surface area (Å²) in [5.74, 6) is -1.37. The Kier molecular flexibility index (Phi) is 38.8. The molecule has 0 spiro atoms. The van der Waals surface area contributed by atoms with Crippen molar-refractivity contribution in [2.45, 2.75) is 141 Å². The van der Waals surface area contributed by atoms with Gasteiger partial charge in [0.15, 0.2) is 6.10 Å². The molecule has 0 bridgehead atoms. The molecule has 0 aromatic carbocycles. The summed E-state index contributed by atoms with van der Waals surface area (Å²) in [4.78, 5) is 35.0. The van der Waals surface area contributed by atoms with Gasteiger partial charge in [-0.2, -0.15) is 0 Å². The average Bonchev–Trinajstić information content (AvgIpc) is 3.25. The molecule has 0 aromatic rings. The molecule has 6 N–H and O–H groups in total. The van der Waals surface area contributed by atoms with Crippen LogP contribution in [-0.4, -0.2) is 99.3 Å². The van der Waals surface area contributed by atoms with Crippen molar-refractivity contribution in [3.05, 3.63) is 122 Å². The van der Waals surface area contributed by atoms with E-state index in [1.165, 1.54) is 25.3 Å². The third-order valence-electron chi connectivity index (χ3n) is 8.46. The van der Waals surface area contributed by atoms with E-state index in [0.29, 0.717) is 19.3 Å². The molecule has 350 valence electrons. The van der Waals surface area contributed by atoms with Crippen LogP contribution in [0.4, 0.5) is 0 Å². The first kappa shape index (κ1) is 58.2. The number of allylic oxidation sites excluding steroid dienone is 17. The predicted octanol–water partition coefficient (Wildman–Crippen LogP) is 8.46. The maximum atomic E-state index is 12.6. The van der Waals surface area contributed by atoms with Crippen molar-refractivity contribution >= 4 is 19.8 Å². The lowest BCUT2D eigenvalue weighted by Crippen LogP contribution is -2.30. The number of ether oxygens (including phenoxy) is 2. The van der Waals surface area contributed by atoms with Gasteiger partial charge in [0.25, 0.3) is 0 Å². The van der Waals surface area contributed by atoms with Crippen LogP contribution < -0.4 is 0 Å². The minimum absolute atomic E-state index is 0.0214. The second-order valence-corrected chi connectivity index (χ2v) is 15.7. The summed E-state index contributed by atoms with van der Waals surface area (Å²) in [7, 11) is -4.73. The van der Waals surface area contributed by atoms with Crippen molar-refractivity contribution in [1.29, 1.82) is 0 Å². The van der Waals surface area contributed by atoms with Crippen LogP contribution in [0.2, 0.25) is 0 Å². The number of unbranched alkanes of at least 4 members (excludes halogenated alkanes) is 3. The maximum Gasteiger partial charge on any atom is 0.472 e. The fourth-order valence-electron chi connectivity index (χ4n) is 4.96. The molecule has 0 aliphatic carbocycles. The summed E-state index contributed by atoms with van der Waals surface area (Å²) in [5, 5.41) is 48.7. The largest absolute Gasteiger partial charge is 0.472 e. The van der Waals surface area contributed by atoms with Gasteiger partial charge in [0.1, 0.15) is 12.7 Å². The van der Waals surface area contributed by atoms with Crippen LogP contribution in [0, 0.1) is 0 Å². The highest BCUT2D eigenvalue weighted by atomic mass is 31.2. The third kappa shape index (κ3) is 39.1. The van der Waals surface area contributed by atoms with Crippen molar-refractivity contribution < 1.29 is 63.1 Å². The summed E-state index contributed by atoms with van der Waals surface area (Å²) in [6.45, 7) is 1.65.